The molecule has 1 aliphatic carbocycles. The first-order valence-electron chi connectivity index (χ1n) is 7.33. The van der Waals surface area contributed by atoms with Gasteiger partial charge in [-0.25, -0.2) is 4.39 Å². The van der Waals surface area contributed by atoms with E-state index in [1.165, 1.54) is 44.6 Å². The largest absolute Gasteiger partial charge is 0.313 e. The molecule has 1 aliphatic rings. The molecule has 0 aliphatic heterocycles. The van der Waals surface area contributed by atoms with Crippen LogP contribution in [-0.4, -0.2) is 7.05 Å². The molecule has 1 atom stereocenters. The fourth-order valence-electron chi connectivity index (χ4n) is 3.12. The number of rotatable bonds is 5. The second kappa shape index (κ2) is 7.25. The molecule has 1 nitrogen and oxygen atoms in total. The SMILES string of the molecule is CNC(CCC1CCCCC1)c1cc(F)ccc1Cl. The second-order valence-corrected chi connectivity index (χ2v) is 6.00. The molecule has 0 amide bonds. The van der Waals surface area contributed by atoms with Crippen LogP contribution >= 0.6 is 11.6 Å². The van der Waals surface area contributed by atoms with Crippen LogP contribution in [0.25, 0.3) is 0 Å². The van der Waals surface area contributed by atoms with Gasteiger partial charge in [-0.05, 0) is 49.6 Å². The molecule has 1 unspecified atom stereocenters. The Balaban J connectivity index is 1.97. The van der Waals surface area contributed by atoms with E-state index >= 15 is 0 Å². The number of halogens is 2. The Morgan fingerprint density at radius 2 is 2.05 bits per heavy atom. The van der Waals surface area contributed by atoms with Gasteiger partial charge in [-0.3, -0.25) is 0 Å². The molecule has 0 heterocycles. The predicted octanol–water partition coefficient (Wildman–Crippen LogP) is 5.10. The third-order valence-electron chi connectivity index (χ3n) is 4.27. The molecule has 1 N–H and O–H groups in total. The Labute approximate surface area is 120 Å². The molecule has 2 rings (SSSR count). The summed E-state index contributed by atoms with van der Waals surface area (Å²) in [7, 11) is 1.92. The summed E-state index contributed by atoms with van der Waals surface area (Å²) in [4.78, 5) is 0. The van der Waals surface area contributed by atoms with E-state index in [0.29, 0.717) is 5.02 Å². The zero-order valence-electron chi connectivity index (χ0n) is 11.6. The van der Waals surface area contributed by atoms with Gasteiger partial charge in [0.1, 0.15) is 5.82 Å². The summed E-state index contributed by atoms with van der Waals surface area (Å²) in [6, 6.07) is 4.78. The molecule has 0 saturated heterocycles. The van der Waals surface area contributed by atoms with Gasteiger partial charge in [0.05, 0.1) is 0 Å². The molecule has 1 aromatic carbocycles. The van der Waals surface area contributed by atoms with Crippen LogP contribution in [0, 0.1) is 11.7 Å². The lowest BCUT2D eigenvalue weighted by Crippen LogP contribution is -2.19. The van der Waals surface area contributed by atoms with Crippen LogP contribution < -0.4 is 5.32 Å². The lowest BCUT2D eigenvalue weighted by molar-refractivity contribution is 0.317. The molecule has 1 aromatic rings. The average Bonchev–Trinajstić information content (AvgIpc) is 2.44. The van der Waals surface area contributed by atoms with Gasteiger partial charge in [-0.2, -0.15) is 0 Å². The van der Waals surface area contributed by atoms with E-state index in [-0.39, 0.29) is 11.9 Å². The summed E-state index contributed by atoms with van der Waals surface area (Å²) >= 11 is 6.18. The van der Waals surface area contributed by atoms with Crippen LogP contribution in [-0.2, 0) is 0 Å². The van der Waals surface area contributed by atoms with E-state index in [2.05, 4.69) is 5.32 Å². The zero-order chi connectivity index (χ0) is 13.7. The number of hydrogen-bond acceptors (Lipinski definition) is 1. The van der Waals surface area contributed by atoms with E-state index < -0.39 is 0 Å². The van der Waals surface area contributed by atoms with Crippen LogP contribution in [0.1, 0.15) is 56.6 Å². The summed E-state index contributed by atoms with van der Waals surface area (Å²) in [5.41, 5.74) is 0.889. The molecule has 0 bridgehead atoms. The highest BCUT2D eigenvalue weighted by atomic mass is 35.5. The van der Waals surface area contributed by atoms with Crippen LogP contribution in [0.3, 0.4) is 0 Å². The summed E-state index contributed by atoms with van der Waals surface area (Å²) in [6.07, 6.45) is 9.08. The maximum absolute atomic E-state index is 13.4. The van der Waals surface area contributed by atoms with Gasteiger partial charge in [0.2, 0.25) is 0 Å². The molecule has 1 fully saturated rings. The van der Waals surface area contributed by atoms with Gasteiger partial charge >= 0.3 is 0 Å². The van der Waals surface area contributed by atoms with Crippen molar-refractivity contribution in [3.63, 3.8) is 0 Å². The Morgan fingerprint density at radius 3 is 2.74 bits per heavy atom. The van der Waals surface area contributed by atoms with Crippen LogP contribution in [0.5, 0.6) is 0 Å². The van der Waals surface area contributed by atoms with Crippen LogP contribution in [0.2, 0.25) is 5.02 Å². The minimum Gasteiger partial charge on any atom is -0.313 e. The normalized spacial score (nSPS) is 18.5. The second-order valence-electron chi connectivity index (χ2n) is 5.59. The van der Waals surface area contributed by atoms with Crippen molar-refractivity contribution in [3.05, 3.63) is 34.6 Å². The minimum absolute atomic E-state index is 0.158. The van der Waals surface area contributed by atoms with Crippen molar-refractivity contribution in [2.45, 2.75) is 51.0 Å². The van der Waals surface area contributed by atoms with Crippen molar-refractivity contribution in [2.24, 2.45) is 5.92 Å². The maximum Gasteiger partial charge on any atom is 0.123 e. The lowest BCUT2D eigenvalue weighted by Gasteiger charge is -2.24. The smallest absolute Gasteiger partial charge is 0.123 e. The molecule has 0 radical (unpaired) electrons. The van der Waals surface area contributed by atoms with Crippen LogP contribution in [0.15, 0.2) is 18.2 Å². The van der Waals surface area contributed by atoms with E-state index in [1.54, 1.807) is 12.1 Å². The number of nitrogens with one attached hydrogen (secondary N) is 1. The fraction of sp³-hybridized carbons (Fsp3) is 0.625. The van der Waals surface area contributed by atoms with E-state index in [4.69, 9.17) is 11.6 Å². The Bertz CT molecular complexity index is 402. The van der Waals surface area contributed by atoms with Gasteiger partial charge in [-0.15, -0.1) is 0 Å². The molecular formula is C16H23ClFN. The van der Waals surface area contributed by atoms with Crippen LogP contribution in [0.4, 0.5) is 4.39 Å². The van der Waals surface area contributed by atoms with E-state index in [1.807, 2.05) is 7.05 Å². The van der Waals surface area contributed by atoms with Gasteiger partial charge in [0, 0.05) is 11.1 Å². The van der Waals surface area contributed by atoms with Crippen molar-refractivity contribution in [3.8, 4) is 0 Å². The highest BCUT2D eigenvalue weighted by Gasteiger charge is 2.18. The standard InChI is InChI=1S/C16H23ClFN/c1-19-16(10-7-12-5-3-2-4-6-12)14-11-13(18)8-9-15(14)17/h8-9,11-12,16,19H,2-7,10H2,1H3. The van der Waals surface area contributed by atoms with E-state index in [0.717, 1.165) is 17.9 Å². The highest BCUT2D eigenvalue weighted by molar-refractivity contribution is 6.31. The van der Waals surface area contributed by atoms with Gasteiger partial charge in [-0.1, -0.05) is 43.7 Å². The first kappa shape index (κ1) is 14.8. The molecule has 0 aromatic heterocycles. The summed E-state index contributed by atoms with van der Waals surface area (Å²) in [5, 5.41) is 3.93. The van der Waals surface area contributed by atoms with Gasteiger partial charge in [0.25, 0.3) is 0 Å². The highest BCUT2D eigenvalue weighted by Crippen LogP contribution is 2.32. The number of benzene rings is 1. The Morgan fingerprint density at radius 1 is 1.32 bits per heavy atom. The fourth-order valence-corrected chi connectivity index (χ4v) is 3.36. The maximum atomic E-state index is 13.4. The number of hydrogen-bond donors (Lipinski definition) is 1. The first-order chi connectivity index (χ1) is 9.20. The van der Waals surface area contributed by atoms with Crippen molar-refractivity contribution >= 4 is 11.6 Å². The first-order valence-corrected chi connectivity index (χ1v) is 7.70. The average molecular weight is 284 g/mol. The third-order valence-corrected chi connectivity index (χ3v) is 4.61. The van der Waals surface area contributed by atoms with Crippen molar-refractivity contribution in [2.75, 3.05) is 7.05 Å². The topological polar surface area (TPSA) is 12.0 Å². The van der Waals surface area contributed by atoms with E-state index in [9.17, 15) is 4.39 Å². The summed E-state index contributed by atoms with van der Waals surface area (Å²) in [5.74, 6) is 0.634. The Hall–Kier alpha value is -0.600. The monoisotopic (exact) mass is 283 g/mol. The van der Waals surface area contributed by atoms with Crippen molar-refractivity contribution in [1.29, 1.82) is 0 Å². The van der Waals surface area contributed by atoms with Gasteiger partial charge < -0.3 is 5.32 Å². The lowest BCUT2D eigenvalue weighted by atomic mass is 9.84. The molecule has 0 spiro atoms. The molecule has 1 saturated carbocycles. The molecule has 3 heteroatoms. The third kappa shape index (κ3) is 4.19. The minimum atomic E-state index is -0.211. The predicted molar refractivity (Wildman–Crippen MR) is 79.0 cm³/mol. The zero-order valence-corrected chi connectivity index (χ0v) is 12.3. The van der Waals surface area contributed by atoms with Crippen molar-refractivity contribution < 1.29 is 4.39 Å². The summed E-state index contributed by atoms with van der Waals surface area (Å²) < 4.78 is 13.4. The quantitative estimate of drug-likeness (QED) is 0.793. The Kier molecular flexibility index (Phi) is 5.65. The summed E-state index contributed by atoms with van der Waals surface area (Å²) in [6.45, 7) is 0. The molecular weight excluding hydrogens is 261 g/mol. The van der Waals surface area contributed by atoms with Crippen molar-refractivity contribution in [1.82, 2.24) is 5.32 Å². The molecule has 106 valence electrons. The van der Waals surface area contributed by atoms with Gasteiger partial charge in [0.15, 0.2) is 0 Å². The molecule has 19 heavy (non-hydrogen) atoms.